The largest absolute Gasteiger partial charge is 0.481 e. The van der Waals surface area contributed by atoms with Crippen molar-refractivity contribution >= 4 is 40.2 Å². The van der Waals surface area contributed by atoms with Crippen molar-refractivity contribution in [2.75, 3.05) is 5.32 Å². The Kier molecular flexibility index (Phi) is 7.10. The SMILES string of the molecule is CCC(CC(=O)O)(NC(=O)C1CCCC1C(=O)Nc1ccc(C(=N)N)cc1)c1c[nH]c2ccccc12. The van der Waals surface area contributed by atoms with Crippen molar-refractivity contribution < 1.29 is 19.5 Å². The summed E-state index contributed by atoms with van der Waals surface area (Å²) in [5.74, 6) is -2.73. The Morgan fingerprint density at radius 3 is 2.39 bits per heavy atom. The van der Waals surface area contributed by atoms with Gasteiger partial charge in [0, 0.05) is 45.7 Å². The van der Waals surface area contributed by atoms with Gasteiger partial charge >= 0.3 is 5.97 Å². The Bertz CT molecular complexity index is 1300. The zero-order valence-electron chi connectivity index (χ0n) is 20.1. The lowest BCUT2D eigenvalue weighted by Gasteiger charge is -2.34. The number of nitrogens with two attached hydrogens (primary N) is 1. The minimum atomic E-state index is -1.12. The van der Waals surface area contributed by atoms with Gasteiger partial charge in [-0.05, 0) is 49.6 Å². The molecule has 3 aromatic rings. The number of fused-ring (bicyclic) bond motifs is 1. The number of H-pyrrole nitrogens is 1. The van der Waals surface area contributed by atoms with Crippen LogP contribution in [0.25, 0.3) is 10.9 Å². The van der Waals surface area contributed by atoms with E-state index in [1.807, 2.05) is 31.2 Å². The molecule has 2 aromatic carbocycles. The number of para-hydroxylation sites is 1. The van der Waals surface area contributed by atoms with Gasteiger partial charge in [-0.1, -0.05) is 31.5 Å². The van der Waals surface area contributed by atoms with E-state index in [2.05, 4.69) is 15.6 Å². The number of amidine groups is 1. The molecule has 0 aliphatic heterocycles. The Hall–Kier alpha value is -4.14. The van der Waals surface area contributed by atoms with Crippen molar-refractivity contribution in [1.29, 1.82) is 5.41 Å². The quantitative estimate of drug-likeness (QED) is 0.199. The van der Waals surface area contributed by atoms with E-state index in [1.54, 1.807) is 30.5 Å². The Balaban J connectivity index is 1.56. The van der Waals surface area contributed by atoms with Gasteiger partial charge in [0.15, 0.2) is 0 Å². The second-order valence-electron chi connectivity index (χ2n) is 9.37. The maximum atomic E-state index is 13.6. The number of nitrogens with one attached hydrogen (secondary N) is 4. The monoisotopic (exact) mass is 489 g/mol. The summed E-state index contributed by atoms with van der Waals surface area (Å²) in [6, 6.07) is 14.2. The molecule has 4 rings (SSSR count). The normalized spacial score (nSPS) is 18.9. The molecule has 7 N–H and O–H groups in total. The van der Waals surface area contributed by atoms with Crippen LogP contribution in [0.15, 0.2) is 54.7 Å². The maximum absolute atomic E-state index is 13.6. The van der Waals surface area contributed by atoms with Crippen LogP contribution in [0.2, 0.25) is 0 Å². The molecule has 1 aliphatic rings. The van der Waals surface area contributed by atoms with Crippen LogP contribution in [0.1, 0.15) is 50.2 Å². The molecule has 1 heterocycles. The number of benzene rings is 2. The molecule has 0 radical (unpaired) electrons. The van der Waals surface area contributed by atoms with E-state index >= 15 is 0 Å². The Morgan fingerprint density at radius 1 is 1.08 bits per heavy atom. The summed E-state index contributed by atoms with van der Waals surface area (Å²) in [5.41, 5.74) is 7.07. The summed E-state index contributed by atoms with van der Waals surface area (Å²) in [4.78, 5) is 41.8. The summed E-state index contributed by atoms with van der Waals surface area (Å²) in [6.07, 6.45) is 3.71. The van der Waals surface area contributed by atoms with Crippen molar-refractivity contribution in [2.24, 2.45) is 17.6 Å². The molecule has 0 bridgehead atoms. The highest BCUT2D eigenvalue weighted by molar-refractivity contribution is 5.98. The standard InChI is InChI=1S/C27H31N5O4/c1-2-27(14-23(33)34,21-15-30-22-9-4-3-6-20(21)22)32-26(36)19-8-5-7-18(19)25(35)31-17-12-10-16(11-13-17)24(28)29/h3-4,6,9-13,15,18-19,30H,2,5,7-8,14H2,1H3,(H3,28,29)(H,31,35)(H,32,36)(H,33,34). The van der Waals surface area contributed by atoms with Crippen LogP contribution >= 0.6 is 0 Å². The van der Waals surface area contributed by atoms with Crippen LogP contribution in [-0.4, -0.2) is 33.7 Å². The number of rotatable bonds is 9. The van der Waals surface area contributed by atoms with Gasteiger partial charge in [0.2, 0.25) is 11.8 Å². The average Bonchev–Trinajstić information content (AvgIpc) is 3.51. The van der Waals surface area contributed by atoms with Crippen LogP contribution in [0, 0.1) is 17.2 Å². The number of carboxylic acids is 1. The van der Waals surface area contributed by atoms with Gasteiger partial charge in [-0.3, -0.25) is 19.8 Å². The molecule has 1 saturated carbocycles. The average molecular weight is 490 g/mol. The third-order valence-electron chi connectivity index (χ3n) is 7.18. The molecule has 3 atom stereocenters. The van der Waals surface area contributed by atoms with E-state index < -0.39 is 23.3 Å². The molecule has 1 aliphatic carbocycles. The van der Waals surface area contributed by atoms with E-state index in [0.717, 1.165) is 22.9 Å². The fraction of sp³-hybridized carbons (Fsp3) is 0.333. The first kappa shape index (κ1) is 25.0. The zero-order chi connectivity index (χ0) is 25.9. The molecular formula is C27H31N5O4. The number of carbonyl (C=O) groups excluding carboxylic acids is 2. The van der Waals surface area contributed by atoms with Crippen LogP contribution in [0.4, 0.5) is 5.69 Å². The molecule has 1 aromatic heterocycles. The van der Waals surface area contributed by atoms with Gasteiger partial charge in [0.05, 0.1) is 12.0 Å². The lowest BCUT2D eigenvalue weighted by molar-refractivity contribution is -0.140. The van der Waals surface area contributed by atoms with E-state index in [9.17, 15) is 19.5 Å². The zero-order valence-corrected chi connectivity index (χ0v) is 20.1. The minimum absolute atomic E-state index is 0.0589. The highest BCUT2D eigenvalue weighted by Gasteiger charge is 2.43. The molecule has 1 fully saturated rings. The van der Waals surface area contributed by atoms with E-state index in [4.69, 9.17) is 11.1 Å². The van der Waals surface area contributed by atoms with Gasteiger partial charge in [0.25, 0.3) is 0 Å². The lowest BCUT2D eigenvalue weighted by atomic mass is 9.82. The van der Waals surface area contributed by atoms with E-state index in [-0.39, 0.29) is 24.1 Å². The van der Waals surface area contributed by atoms with E-state index in [0.29, 0.717) is 30.5 Å². The molecule has 3 unspecified atom stereocenters. The number of carboxylic acid groups (broad SMARTS) is 1. The van der Waals surface area contributed by atoms with Crippen LogP contribution in [0.3, 0.4) is 0 Å². The molecule has 2 amide bonds. The summed E-state index contributed by atoms with van der Waals surface area (Å²) < 4.78 is 0. The first-order valence-electron chi connectivity index (χ1n) is 12.1. The fourth-order valence-corrected chi connectivity index (χ4v) is 5.22. The third kappa shape index (κ3) is 4.95. The topological polar surface area (TPSA) is 161 Å². The highest BCUT2D eigenvalue weighted by Crippen LogP contribution is 2.38. The van der Waals surface area contributed by atoms with Crippen molar-refractivity contribution in [1.82, 2.24) is 10.3 Å². The predicted molar refractivity (Wildman–Crippen MR) is 138 cm³/mol. The van der Waals surface area contributed by atoms with Crippen LogP contribution in [-0.2, 0) is 19.9 Å². The van der Waals surface area contributed by atoms with Crippen molar-refractivity contribution in [2.45, 2.75) is 44.6 Å². The van der Waals surface area contributed by atoms with Gasteiger partial charge in [-0.15, -0.1) is 0 Å². The second-order valence-corrected chi connectivity index (χ2v) is 9.37. The van der Waals surface area contributed by atoms with Gasteiger partial charge in [0.1, 0.15) is 5.84 Å². The summed E-state index contributed by atoms with van der Waals surface area (Å²) >= 11 is 0. The number of aromatic amines is 1. The number of aliphatic carboxylic acids is 1. The smallest absolute Gasteiger partial charge is 0.306 e. The first-order valence-corrected chi connectivity index (χ1v) is 12.1. The number of aromatic nitrogens is 1. The Labute approximate surface area is 209 Å². The first-order chi connectivity index (χ1) is 17.2. The Morgan fingerprint density at radius 2 is 1.75 bits per heavy atom. The van der Waals surface area contributed by atoms with Crippen molar-refractivity contribution in [3.63, 3.8) is 0 Å². The van der Waals surface area contributed by atoms with Crippen LogP contribution < -0.4 is 16.4 Å². The maximum Gasteiger partial charge on any atom is 0.306 e. The number of hydrogen-bond acceptors (Lipinski definition) is 4. The summed E-state index contributed by atoms with van der Waals surface area (Å²) in [6.45, 7) is 1.86. The molecule has 9 heteroatoms. The number of amides is 2. The molecule has 9 nitrogen and oxygen atoms in total. The second kappa shape index (κ2) is 10.2. The molecule has 0 saturated heterocycles. The lowest BCUT2D eigenvalue weighted by Crippen LogP contribution is -2.50. The predicted octanol–water partition coefficient (Wildman–Crippen LogP) is 3.70. The van der Waals surface area contributed by atoms with Crippen molar-refractivity contribution in [3.8, 4) is 0 Å². The number of anilines is 1. The molecule has 36 heavy (non-hydrogen) atoms. The van der Waals surface area contributed by atoms with Gasteiger partial charge in [-0.25, -0.2) is 0 Å². The molecule has 0 spiro atoms. The minimum Gasteiger partial charge on any atom is -0.481 e. The summed E-state index contributed by atoms with van der Waals surface area (Å²) in [5, 5.41) is 24.0. The van der Waals surface area contributed by atoms with Gasteiger partial charge < -0.3 is 26.5 Å². The number of nitrogen functional groups attached to an aromatic ring is 1. The number of hydrogen-bond donors (Lipinski definition) is 6. The summed E-state index contributed by atoms with van der Waals surface area (Å²) in [7, 11) is 0. The van der Waals surface area contributed by atoms with Crippen LogP contribution in [0.5, 0.6) is 0 Å². The van der Waals surface area contributed by atoms with Gasteiger partial charge in [-0.2, -0.15) is 0 Å². The number of carbonyl (C=O) groups is 3. The highest BCUT2D eigenvalue weighted by atomic mass is 16.4. The van der Waals surface area contributed by atoms with Crippen molar-refractivity contribution in [3.05, 3.63) is 65.9 Å². The molecular weight excluding hydrogens is 458 g/mol. The molecule has 188 valence electrons. The van der Waals surface area contributed by atoms with E-state index in [1.165, 1.54) is 0 Å². The third-order valence-corrected chi connectivity index (χ3v) is 7.18. The fourth-order valence-electron chi connectivity index (χ4n) is 5.22.